The van der Waals surface area contributed by atoms with E-state index >= 15 is 0 Å². The molecule has 0 aliphatic carbocycles. The average molecular weight is 265 g/mol. The van der Waals surface area contributed by atoms with E-state index in [2.05, 4.69) is 0 Å². The fourth-order valence-corrected chi connectivity index (χ4v) is 2.56. The Bertz CT molecular complexity index is 495. The highest BCUT2D eigenvalue weighted by atomic mass is 35.7. The molecule has 16 heavy (non-hydrogen) atoms. The summed E-state index contributed by atoms with van der Waals surface area (Å²) in [4.78, 5) is 0. The fraction of sp³-hybridized carbons (Fsp3) is 0.455. The van der Waals surface area contributed by atoms with Crippen LogP contribution in [0.2, 0.25) is 0 Å². The van der Waals surface area contributed by atoms with Gasteiger partial charge in [-0.2, -0.15) is 0 Å². The first-order chi connectivity index (χ1) is 7.20. The molecule has 2 nitrogen and oxygen atoms in total. The van der Waals surface area contributed by atoms with Crippen molar-refractivity contribution in [1.29, 1.82) is 0 Å². The van der Waals surface area contributed by atoms with E-state index in [9.17, 15) is 12.8 Å². The molecule has 0 amide bonds. The Hall–Kier alpha value is -0.610. The molecule has 0 spiro atoms. The van der Waals surface area contributed by atoms with Crippen LogP contribution >= 0.6 is 10.7 Å². The van der Waals surface area contributed by atoms with Gasteiger partial charge in [0.05, 0.1) is 5.75 Å². The summed E-state index contributed by atoms with van der Waals surface area (Å²) in [5, 5.41) is 0. The fourth-order valence-electron chi connectivity index (χ4n) is 1.52. The van der Waals surface area contributed by atoms with E-state index in [-0.39, 0.29) is 17.5 Å². The maximum Gasteiger partial charge on any atom is 0.236 e. The van der Waals surface area contributed by atoms with Crippen LogP contribution < -0.4 is 0 Å². The smallest absolute Gasteiger partial charge is 0.212 e. The lowest BCUT2D eigenvalue weighted by Gasteiger charge is -2.11. The molecule has 90 valence electrons. The zero-order chi connectivity index (χ0) is 12.5. The van der Waals surface area contributed by atoms with Crippen molar-refractivity contribution < 1.29 is 12.8 Å². The van der Waals surface area contributed by atoms with Gasteiger partial charge < -0.3 is 0 Å². The van der Waals surface area contributed by atoms with Crippen LogP contribution in [0.15, 0.2) is 12.1 Å². The molecule has 0 fully saturated rings. The normalized spacial score (nSPS) is 12.1. The van der Waals surface area contributed by atoms with Crippen molar-refractivity contribution in [2.24, 2.45) is 0 Å². The number of hydrogen-bond acceptors (Lipinski definition) is 2. The first-order valence-corrected chi connectivity index (χ1v) is 7.40. The van der Waals surface area contributed by atoms with Crippen molar-refractivity contribution in [1.82, 2.24) is 0 Å². The van der Waals surface area contributed by atoms with Gasteiger partial charge in [-0.25, -0.2) is 12.8 Å². The Balaban J connectivity index is 3.25. The second-order valence-corrected chi connectivity index (χ2v) is 6.92. The van der Waals surface area contributed by atoms with Gasteiger partial charge in [-0.3, -0.25) is 0 Å². The number of rotatable bonds is 3. The zero-order valence-corrected chi connectivity index (χ0v) is 11.0. The Morgan fingerprint density at radius 1 is 1.38 bits per heavy atom. The van der Waals surface area contributed by atoms with Gasteiger partial charge in [0.2, 0.25) is 9.05 Å². The van der Waals surface area contributed by atoms with Crippen LogP contribution in [-0.4, -0.2) is 8.42 Å². The first-order valence-electron chi connectivity index (χ1n) is 4.92. The molecular weight excluding hydrogens is 251 g/mol. The van der Waals surface area contributed by atoms with Gasteiger partial charge in [-0.1, -0.05) is 19.9 Å². The van der Waals surface area contributed by atoms with Crippen LogP contribution in [0.4, 0.5) is 4.39 Å². The summed E-state index contributed by atoms with van der Waals surface area (Å²) < 4.78 is 35.5. The minimum Gasteiger partial charge on any atom is -0.212 e. The third kappa shape index (κ3) is 3.46. The lowest BCUT2D eigenvalue weighted by atomic mass is 9.98. The molecule has 1 aromatic carbocycles. The van der Waals surface area contributed by atoms with Crippen molar-refractivity contribution >= 4 is 19.7 Å². The van der Waals surface area contributed by atoms with Gasteiger partial charge in [-0.15, -0.1) is 0 Å². The molecule has 0 radical (unpaired) electrons. The van der Waals surface area contributed by atoms with Gasteiger partial charge >= 0.3 is 0 Å². The van der Waals surface area contributed by atoms with Gasteiger partial charge in [-0.05, 0) is 35.6 Å². The van der Waals surface area contributed by atoms with Crippen LogP contribution in [0.5, 0.6) is 0 Å². The largest absolute Gasteiger partial charge is 0.236 e. The minimum absolute atomic E-state index is 0.0115. The molecule has 0 atom stereocenters. The molecule has 5 heteroatoms. The summed E-state index contributed by atoms with van der Waals surface area (Å²) in [6.07, 6.45) is 0. The first kappa shape index (κ1) is 13.5. The van der Waals surface area contributed by atoms with Gasteiger partial charge in [0.15, 0.2) is 0 Å². The summed E-state index contributed by atoms with van der Waals surface area (Å²) in [5.74, 6) is -0.555. The molecule has 0 saturated heterocycles. The highest BCUT2D eigenvalue weighted by molar-refractivity contribution is 8.13. The molecule has 0 N–H and O–H groups in total. The summed E-state index contributed by atoms with van der Waals surface area (Å²) >= 11 is 0. The van der Waals surface area contributed by atoms with E-state index in [4.69, 9.17) is 10.7 Å². The molecule has 1 rings (SSSR count). The van der Waals surface area contributed by atoms with Gasteiger partial charge in [0.25, 0.3) is 0 Å². The van der Waals surface area contributed by atoms with Crippen molar-refractivity contribution in [2.45, 2.75) is 32.4 Å². The van der Waals surface area contributed by atoms with Crippen molar-refractivity contribution in [2.75, 3.05) is 0 Å². The second kappa shape index (κ2) is 4.72. The molecule has 0 bridgehead atoms. The summed E-state index contributed by atoms with van der Waals surface area (Å²) in [6.45, 7) is 5.38. The van der Waals surface area contributed by atoms with E-state index in [0.29, 0.717) is 16.7 Å². The third-order valence-electron chi connectivity index (χ3n) is 2.41. The van der Waals surface area contributed by atoms with Crippen LogP contribution in [0.1, 0.15) is 36.5 Å². The number of benzene rings is 1. The Morgan fingerprint density at radius 3 is 2.38 bits per heavy atom. The van der Waals surface area contributed by atoms with E-state index < -0.39 is 9.05 Å². The molecule has 1 aromatic rings. The van der Waals surface area contributed by atoms with Crippen LogP contribution in [0.25, 0.3) is 0 Å². The lowest BCUT2D eigenvalue weighted by molar-refractivity contribution is 0.594. The lowest BCUT2D eigenvalue weighted by Crippen LogP contribution is -2.02. The van der Waals surface area contributed by atoms with Crippen molar-refractivity contribution in [3.05, 3.63) is 34.6 Å². The third-order valence-corrected chi connectivity index (χ3v) is 3.39. The Kier molecular flexibility index (Phi) is 3.97. The molecule has 0 unspecified atom stereocenters. The maximum atomic E-state index is 13.5. The van der Waals surface area contributed by atoms with E-state index in [0.717, 1.165) is 0 Å². The monoisotopic (exact) mass is 264 g/mol. The summed E-state index contributed by atoms with van der Waals surface area (Å²) in [7, 11) is 1.58. The SMILES string of the molecule is Cc1cc(F)c(C(C)C)cc1CS(=O)(=O)Cl. The summed E-state index contributed by atoms with van der Waals surface area (Å²) in [6, 6.07) is 2.93. The minimum atomic E-state index is -3.61. The Labute approximate surface area is 99.9 Å². The molecule has 0 heterocycles. The topological polar surface area (TPSA) is 34.1 Å². The van der Waals surface area contributed by atoms with E-state index in [1.807, 2.05) is 13.8 Å². The number of aryl methyl sites for hydroxylation is 1. The molecule has 0 aromatic heterocycles. The van der Waals surface area contributed by atoms with Gasteiger partial charge in [0.1, 0.15) is 5.82 Å². The van der Waals surface area contributed by atoms with Crippen LogP contribution in [0.3, 0.4) is 0 Å². The number of hydrogen-bond donors (Lipinski definition) is 0. The predicted molar refractivity (Wildman–Crippen MR) is 63.7 cm³/mol. The standard InChI is InChI=1S/C11H14ClFO2S/c1-7(2)10-5-9(6-16(12,14)15)8(3)4-11(10)13/h4-5,7H,6H2,1-3H3. The average Bonchev–Trinajstić information content (AvgIpc) is 2.07. The van der Waals surface area contributed by atoms with Crippen molar-refractivity contribution in [3.63, 3.8) is 0 Å². The van der Waals surface area contributed by atoms with Gasteiger partial charge in [0, 0.05) is 10.7 Å². The maximum absolute atomic E-state index is 13.5. The quantitative estimate of drug-likeness (QED) is 0.785. The van der Waals surface area contributed by atoms with Crippen LogP contribution in [-0.2, 0) is 14.8 Å². The molecule has 0 aliphatic heterocycles. The van der Waals surface area contributed by atoms with E-state index in [1.54, 1.807) is 13.0 Å². The molecule has 0 saturated carbocycles. The summed E-state index contributed by atoms with van der Waals surface area (Å²) in [5.41, 5.74) is 1.67. The molecule has 0 aliphatic rings. The molecular formula is C11H14ClFO2S. The number of halogens is 2. The highest BCUT2D eigenvalue weighted by Gasteiger charge is 2.14. The second-order valence-electron chi connectivity index (χ2n) is 4.14. The Morgan fingerprint density at radius 2 is 1.94 bits per heavy atom. The van der Waals surface area contributed by atoms with E-state index in [1.165, 1.54) is 6.07 Å². The van der Waals surface area contributed by atoms with Crippen molar-refractivity contribution in [3.8, 4) is 0 Å². The van der Waals surface area contributed by atoms with Crippen LogP contribution in [0, 0.1) is 12.7 Å². The predicted octanol–water partition coefficient (Wildman–Crippen LogP) is 3.33. The zero-order valence-electron chi connectivity index (χ0n) is 9.42. The highest BCUT2D eigenvalue weighted by Crippen LogP contribution is 2.24.